The number of halogens is 10. The molecule has 0 N–H and O–H groups in total. The second-order valence-electron chi connectivity index (χ2n) is 4.71. The molecule has 0 heterocycles. The van der Waals surface area contributed by atoms with Crippen LogP contribution in [0.4, 0.5) is 43.9 Å². The van der Waals surface area contributed by atoms with Crippen LogP contribution in [0, 0.1) is 58.2 Å². The Morgan fingerprint density at radius 1 is 0.387 bits per heavy atom. The standard InChI is InChI=1S/2C6HF5O3S.Mn/c2*7-1-2(8)4(10)6(15(12,13)14)5(11)3(1)9;/h2*(H,12,13,14);/q;;+2/p-2. The Morgan fingerprint density at radius 3 is 0.645 bits per heavy atom. The van der Waals surface area contributed by atoms with Crippen molar-refractivity contribution < 1.29 is 86.9 Å². The van der Waals surface area contributed by atoms with Gasteiger partial charge in [0, 0.05) is 0 Å². The third-order valence-corrected chi connectivity index (χ3v) is 4.56. The van der Waals surface area contributed by atoms with Gasteiger partial charge in [0.2, 0.25) is 11.6 Å². The molecule has 0 aromatic heterocycles. The van der Waals surface area contributed by atoms with Gasteiger partial charge in [-0.15, -0.1) is 0 Å². The molecular formula is C12F10MnO6S2. The molecule has 2 aromatic carbocycles. The van der Waals surface area contributed by atoms with Gasteiger partial charge in [0.05, 0.1) is 0 Å². The first kappa shape index (κ1) is 29.1. The summed E-state index contributed by atoms with van der Waals surface area (Å²) in [7, 11) is -11.5. The second-order valence-corrected chi connectivity index (χ2v) is 7.34. The van der Waals surface area contributed by atoms with Crippen LogP contribution in [0.1, 0.15) is 0 Å². The van der Waals surface area contributed by atoms with Gasteiger partial charge in [-0.25, -0.2) is 60.7 Å². The quantitative estimate of drug-likeness (QED) is 0.187. The van der Waals surface area contributed by atoms with E-state index in [1.165, 1.54) is 0 Å². The maximum atomic E-state index is 12.6. The molecule has 0 aliphatic rings. The summed E-state index contributed by atoms with van der Waals surface area (Å²) in [6.07, 6.45) is 0. The van der Waals surface area contributed by atoms with Gasteiger partial charge in [-0.05, 0) is 0 Å². The molecule has 6 nitrogen and oxygen atoms in total. The molecule has 0 spiro atoms. The van der Waals surface area contributed by atoms with Gasteiger partial charge in [0.15, 0.2) is 46.5 Å². The van der Waals surface area contributed by atoms with Crippen molar-refractivity contribution in [1.82, 2.24) is 0 Å². The van der Waals surface area contributed by atoms with Crippen molar-refractivity contribution in [2.45, 2.75) is 9.79 Å². The minimum Gasteiger partial charge on any atom is -0.744 e. The zero-order valence-electron chi connectivity index (χ0n) is 13.4. The summed E-state index contributed by atoms with van der Waals surface area (Å²) in [5, 5.41) is 0. The van der Waals surface area contributed by atoms with Crippen LogP contribution < -0.4 is 0 Å². The molecule has 0 saturated heterocycles. The summed E-state index contributed by atoms with van der Waals surface area (Å²) in [6, 6.07) is 0. The van der Waals surface area contributed by atoms with Gasteiger partial charge in [0.1, 0.15) is 30.0 Å². The van der Waals surface area contributed by atoms with Crippen LogP contribution in [0.5, 0.6) is 0 Å². The van der Waals surface area contributed by atoms with Crippen molar-refractivity contribution in [3.8, 4) is 0 Å². The van der Waals surface area contributed by atoms with E-state index in [9.17, 15) is 69.8 Å². The van der Waals surface area contributed by atoms with Gasteiger partial charge in [-0.2, -0.15) is 0 Å². The van der Waals surface area contributed by atoms with Gasteiger partial charge in [-0.1, -0.05) is 0 Å². The van der Waals surface area contributed by atoms with Crippen LogP contribution >= 0.6 is 0 Å². The van der Waals surface area contributed by atoms with Crippen molar-refractivity contribution in [1.29, 1.82) is 0 Å². The Hall–Kier alpha value is -1.92. The van der Waals surface area contributed by atoms with Crippen molar-refractivity contribution in [3.05, 3.63) is 58.2 Å². The van der Waals surface area contributed by atoms with Crippen LogP contribution in [-0.4, -0.2) is 25.9 Å². The monoisotopic (exact) mass is 549 g/mol. The second kappa shape index (κ2) is 9.70. The van der Waals surface area contributed by atoms with E-state index < -0.39 is 88.2 Å². The van der Waals surface area contributed by atoms with E-state index in [2.05, 4.69) is 0 Å². The first-order valence-corrected chi connectivity index (χ1v) is 9.11. The molecule has 1 radical (unpaired) electrons. The van der Waals surface area contributed by atoms with E-state index in [1.54, 1.807) is 0 Å². The normalized spacial score (nSPS) is 11.5. The summed E-state index contributed by atoms with van der Waals surface area (Å²) >= 11 is 0. The molecule has 0 bridgehead atoms. The number of benzene rings is 2. The summed E-state index contributed by atoms with van der Waals surface area (Å²) in [5.41, 5.74) is 0. The van der Waals surface area contributed by atoms with Gasteiger partial charge in [0.25, 0.3) is 0 Å². The third kappa shape index (κ3) is 5.66. The predicted octanol–water partition coefficient (Wildman–Crippen LogP) is 2.57. The molecule has 0 fully saturated rings. The smallest absolute Gasteiger partial charge is 0.744 e. The minimum atomic E-state index is -5.77. The predicted molar refractivity (Wildman–Crippen MR) is 68.4 cm³/mol. The summed E-state index contributed by atoms with van der Waals surface area (Å²) in [5.74, 6) is -25.7. The van der Waals surface area contributed by atoms with E-state index >= 15 is 0 Å². The van der Waals surface area contributed by atoms with Crippen molar-refractivity contribution in [3.63, 3.8) is 0 Å². The molecule has 19 heteroatoms. The fourth-order valence-corrected chi connectivity index (χ4v) is 2.84. The average Bonchev–Trinajstić information content (AvgIpc) is 2.60. The molecule has 173 valence electrons. The molecular weight excluding hydrogens is 549 g/mol. The van der Waals surface area contributed by atoms with Crippen molar-refractivity contribution in [2.24, 2.45) is 0 Å². The molecule has 0 aliphatic heterocycles. The van der Waals surface area contributed by atoms with E-state index in [0.717, 1.165) is 0 Å². The number of hydrogen-bond acceptors (Lipinski definition) is 6. The van der Waals surface area contributed by atoms with E-state index in [0.29, 0.717) is 0 Å². The summed E-state index contributed by atoms with van der Waals surface area (Å²) < 4.78 is 186. The average molecular weight is 549 g/mol. The fourth-order valence-electron chi connectivity index (χ4n) is 1.61. The first-order chi connectivity index (χ1) is 13.4. The SMILES string of the molecule is O=S(=O)([O-])c1c(F)c(F)c(F)c(F)c1F.O=S(=O)([O-])c1c(F)c(F)c(F)c(F)c1F.[Mn+2]. The molecule has 2 aromatic rings. The first-order valence-electron chi connectivity index (χ1n) is 6.30. The Balaban J connectivity index is 0.000000562. The Labute approximate surface area is 175 Å². The van der Waals surface area contributed by atoms with Crippen LogP contribution in [0.2, 0.25) is 0 Å². The molecule has 0 unspecified atom stereocenters. The Bertz CT molecular complexity index is 1090. The molecule has 0 atom stereocenters. The van der Waals surface area contributed by atoms with E-state index in [4.69, 9.17) is 0 Å². The van der Waals surface area contributed by atoms with Crippen molar-refractivity contribution in [2.75, 3.05) is 0 Å². The zero-order chi connectivity index (χ0) is 23.9. The molecule has 0 saturated carbocycles. The summed E-state index contributed by atoms with van der Waals surface area (Å²) in [6.45, 7) is 0. The van der Waals surface area contributed by atoms with E-state index in [1.807, 2.05) is 0 Å². The topological polar surface area (TPSA) is 114 Å². The minimum absolute atomic E-state index is 0. The molecule has 0 aliphatic carbocycles. The Kier molecular flexibility index (Phi) is 9.10. The van der Waals surface area contributed by atoms with Crippen LogP contribution in [0.15, 0.2) is 9.79 Å². The maximum absolute atomic E-state index is 12.6. The zero-order valence-corrected chi connectivity index (χ0v) is 16.2. The number of rotatable bonds is 2. The molecule has 31 heavy (non-hydrogen) atoms. The van der Waals surface area contributed by atoms with Gasteiger partial charge >= 0.3 is 17.1 Å². The van der Waals surface area contributed by atoms with Gasteiger partial charge < -0.3 is 9.11 Å². The van der Waals surface area contributed by atoms with Crippen LogP contribution in [0.3, 0.4) is 0 Å². The largest absolute Gasteiger partial charge is 2.00 e. The third-order valence-electron chi connectivity index (χ3n) is 2.84. The summed E-state index contributed by atoms with van der Waals surface area (Å²) in [4.78, 5) is -4.75. The van der Waals surface area contributed by atoms with E-state index in [-0.39, 0.29) is 17.1 Å². The molecule has 2 rings (SSSR count). The van der Waals surface area contributed by atoms with Gasteiger partial charge in [-0.3, -0.25) is 0 Å². The van der Waals surface area contributed by atoms with Crippen LogP contribution in [0.25, 0.3) is 0 Å². The molecule has 0 amide bonds. The van der Waals surface area contributed by atoms with Crippen molar-refractivity contribution >= 4 is 20.2 Å². The van der Waals surface area contributed by atoms with Crippen LogP contribution in [-0.2, 0) is 37.3 Å². The fraction of sp³-hybridized carbons (Fsp3) is 0. The Morgan fingerprint density at radius 2 is 0.516 bits per heavy atom. The number of hydrogen-bond donors (Lipinski definition) is 0. The maximum Gasteiger partial charge on any atom is 2.00 e.